The Balaban J connectivity index is 2.64. The molecule has 0 aliphatic heterocycles. The lowest BCUT2D eigenvalue weighted by molar-refractivity contribution is -0.135. The second kappa shape index (κ2) is 5.75. The van der Waals surface area contributed by atoms with Crippen molar-refractivity contribution in [2.24, 2.45) is 10.8 Å². The molecule has 16 heavy (non-hydrogen) atoms. The van der Waals surface area contributed by atoms with E-state index in [0.717, 1.165) is 5.56 Å². The molecule has 0 spiro atoms. The minimum Gasteiger partial charge on any atom is -0.425 e. The predicted molar refractivity (Wildman–Crippen MR) is 58.6 cm³/mol. The summed E-state index contributed by atoms with van der Waals surface area (Å²) >= 11 is 0. The predicted octanol–water partition coefficient (Wildman–Crippen LogP) is 1.75. The molecule has 0 radical (unpaired) electrons. The number of ether oxygens (including phenoxy) is 1. The first kappa shape index (κ1) is 12.0. The topological polar surface area (TPSA) is 101 Å². The lowest BCUT2D eigenvalue weighted by Crippen LogP contribution is -2.30. The summed E-state index contributed by atoms with van der Waals surface area (Å²) in [6.45, 7) is 1.83. The van der Waals surface area contributed by atoms with Gasteiger partial charge in [-0.1, -0.05) is 17.2 Å². The molecule has 1 aromatic rings. The van der Waals surface area contributed by atoms with Gasteiger partial charge in [0.2, 0.25) is 0 Å². The van der Waals surface area contributed by atoms with Crippen LogP contribution in [0.2, 0.25) is 0 Å². The van der Waals surface area contributed by atoms with Crippen LogP contribution in [0.3, 0.4) is 0 Å². The smallest absolute Gasteiger partial charge is 0.328 e. The van der Waals surface area contributed by atoms with Crippen molar-refractivity contribution in [2.45, 2.75) is 19.5 Å². The van der Waals surface area contributed by atoms with E-state index in [1.54, 1.807) is 31.2 Å². The van der Waals surface area contributed by atoms with Gasteiger partial charge in [-0.15, -0.1) is 0 Å². The average Bonchev–Trinajstić information content (AvgIpc) is 2.28. The SMILES string of the molecule is C[C@H](N)C(=O)Oc1ccc(CN=[N+]=[N-])cc1. The van der Waals surface area contributed by atoms with Gasteiger partial charge in [0.05, 0.1) is 6.54 Å². The fourth-order valence-corrected chi connectivity index (χ4v) is 0.985. The van der Waals surface area contributed by atoms with Gasteiger partial charge in [-0.2, -0.15) is 0 Å². The van der Waals surface area contributed by atoms with Crippen LogP contribution in [-0.4, -0.2) is 12.0 Å². The summed E-state index contributed by atoms with van der Waals surface area (Å²) in [6, 6.07) is 6.05. The molecule has 6 heteroatoms. The average molecular weight is 220 g/mol. The summed E-state index contributed by atoms with van der Waals surface area (Å²) in [6.07, 6.45) is 0. The van der Waals surface area contributed by atoms with Gasteiger partial charge in [0.25, 0.3) is 0 Å². The van der Waals surface area contributed by atoms with Crippen molar-refractivity contribution in [1.82, 2.24) is 0 Å². The molecule has 0 saturated carbocycles. The largest absolute Gasteiger partial charge is 0.425 e. The molecule has 0 unspecified atom stereocenters. The quantitative estimate of drug-likeness (QED) is 0.275. The Bertz CT molecular complexity index is 407. The number of hydrogen-bond acceptors (Lipinski definition) is 4. The molecule has 6 nitrogen and oxygen atoms in total. The van der Waals surface area contributed by atoms with Gasteiger partial charge in [-0.05, 0) is 30.2 Å². The van der Waals surface area contributed by atoms with Crippen LogP contribution in [0, 0.1) is 0 Å². The molecule has 2 N–H and O–H groups in total. The van der Waals surface area contributed by atoms with E-state index >= 15 is 0 Å². The molecule has 84 valence electrons. The van der Waals surface area contributed by atoms with E-state index in [4.69, 9.17) is 16.0 Å². The van der Waals surface area contributed by atoms with Crippen molar-refractivity contribution in [2.75, 3.05) is 0 Å². The number of nitrogens with zero attached hydrogens (tertiary/aromatic N) is 3. The zero-order valence-electron chi connectivity index (χ0n) is 8.83. The van der Waals surface area contributed by atoms with E-state index in [2.05, 4.69) is 10.0 Å². The Labute approximate surface area is 92.6 Å². The van der Waals surface area contributed by atoms with Crippen molar-refractivity contribution < 1.29 is 9.53 Å². The minimum absolute atomic E-state index is 0.276. The van der Waals surface area contributed by atoms with Crippen LogP contribution in [0.15, 0.2) is 29.4 Å². The minimum atomic E-state index is -0.650. The van der Waals surface area contributed by atoms with Crippen LogP contribution >= 0.6 is 0 Å². The maximum absolute atomic E-state index is 11.2. The highest BCUT2D eigenvalue weighted by Crippen LogP contribution is 2.13. The van der Waals surface area contributed by atoms with Crippen LogP contribution in [0.4, 0.5) is 0 Å². The van der Waals surface area contributed by atoms with E-state index in [9.17, 15) is 4.79 Å². The highest BCUT2D eigenvalue weighted by molar-refractivity contribution is 5.77. The Morgan fingerprint density at radius 2 is 2.19 bits per heavy atom. The lowest BCUT2D eigenvalue weighted by atomic mass is 10.2. The lowest BCUT2D eigenvalue weighted by Gasteiger charge is -2.06. The first-order valence-electron chi connectivity index (χ1n) is 4.70. The first-order valence-corrected chi connectivity index (χ1v) is 4.70. The summed E-state index contributed by atoms with van der Waals surface area (Å²) in [4.78, 5) is 13.8. The number of nitrogens with two attached hydrogens (primary N) is 1. The summed E-state index contributed by atoms with van der Waals surface area (Å²) in [5.74, 6) is -0.0604. The molecule has 0 bridgehead atoms. The summed E-state index contributed by atoms with van der Waals surface area (Å²) in [5.41, 5.74) is 14.3. The second-order valence-corrected chi connectivity index (χ2v) is 3.24. The molecule has 0 heterocycles. The monoisotopic (exact) mass is 220 g/mol. The van der Waals surface area contributed by atoms with Crippen molar-refractivity contribution in [3.8, 4) is 5.75 Å². The van der Waals surface area contributed by atoms with Gasteiger partial charge < -0.3 is 10.5 Å². The van der Waals surface area contributed by atoms with Gasteiger partial charge in [-0.25, -0.2) is 4.79 Å². The number of esters is 1. The number of carbonyl (C=O) groups excluding carboxylic acids is 1. The number of hydrogen-bond donors (Lipinski definition) is 1. The van der Waals surface area contributed by atoms with Gasteiger partial charge in [0, 0.05) is 4.91 Å². The third kappa shape index (κ3) is 3.61. The van der Waals surface area contributed by atoms with Crippen LogP contribution in [0.5, 0.6) is 5.75 Å². The number of benzene rings is 1. The first-order chi connectivity index (χ1) is 7.63. The van der Waals surface area contributed by atoms with E-state index in [0.29, 0.717) is 5.75 Å². The van der Waals surface area contributed by atoms with E-state index in [1.807, 2.05) is 0 Å². The Kier molecular flexibility index (Phi) is 4.32. The summed E-state index contributed by atoms with van der Waals surface area (Å²) in [7, 11) is 0. The van der Waals surface area contributed by atoms with Crippen molar-refractivity contribution >= 4 is 5.97 Å². The zero-order chi connectivity index (χ0) is 12.0. The molecule has 1 atom stereocenters. The van der Waals surface area contributed by atoms with Gasteiger partial charge >= 0.3 is 5.97 Å². The fourth-order valence-electron chi connectivity index (χ4n) is 0.985. The second-order valence-electron chi connectivity index (χ2n) is 3.24. The molecular weight excluding hydrogens is 208 g/mol. The summed E-state index contributed by atoms with van der Waals surface area (Å²) < 4.78 is 4.97. The molecule has 0 aliphatic rings. The summed E-state index contributed by atoms with van der Waals surface area (Å²) in [5, 5.41) is 3.41. The Morgan fingerprint density at radius 1 is 1.56 bits per heavy atom. The molecule has 0 amide bonds. The highest BCUT2D eigenvalue weighted by atomic mass is 16.5. The zero-order valence-corrected chi connectivity index (χ0v) is 8.83. The van der Waals surface area contributed by atoms with Crippen molar-refractivity contribution in [3.63, 3.8) is 0 Å². The highest BCUT2D eigenvalue weighted by Gasteiger charge is 2.09. The van der Waals surface area contributed by atoms with Crippen LogP contribution in [0.25, 0.3) is 10.4 Å². The van der Waals surface area contributed by atoms with Gasteiger partial charge in [0.1, 0.15) is 11.8 Å². The Morgan fingerprint density at radius 3 is 2.69 bits per heavy atom. The van der Waals surface area contributed by atoms with Gasteiger partial charge in [-0.3, -0.25) is 0 Å². The van der Waals surface area contributed by atoms with Crippen LogP contribution in [0.1, 0.15) is 12.5 Å². The molecule has 0 aromatic heterocycles. The fraction of sp³-hybridized carbons (Fsp3) is 0.300. The van der Waals surface area contributed by atoms with E-state index in [1.165, 1.54) is 0 Å². The Hall–Kier alpha value is -2.04. The number of carbonyl (C=O) groups is 1. The third-order valence-electron chi connectivity index (χ3n) is 1.83. The van der Waals surface area contributed by atoms with Crippen LogP contribution in [-0.2, 0) is 11.3 Å². The van der Waals surface area contributed by atoms with Crippen LogP contribution < -0.4 is 10.5 Å². The molecule has 0 aliphatic carbocycles. The maximum atomic E-state index is 11.2. The van der Waals surface area contributed by atoms with E-state index in [-0.39, 0.29) is 6.54 Å². The number of azide groups is 1. The maximum Gasteiger partial charge on any atom is 0.328 e. The van der Waals surface area contributed by atoms with Gasteiger partial charge in [0.15, 0.2) is 0 Å². The standard InChI is InChI=1S/C10H12N4O2/c1-7(11)10(15)16-9-4-2-8(3-5-9)6-13-14-12/h2-5,7H,6,11H2,1H3/t7-/m0/s1. The molecular formula is C10H12N4O2. The van der Waals surface area contributed by atoms with Crippen molar-refractivity contribution in [1.29, 1.82) is 0 Å². The number of rotatable bonds is 4. The molecule has 0 fully saturated rings. The third-order valence-corrected chi connectivity index (χ3v) is 1.83. The van der Waals surface area contributed by atoms with Crippen molar-refractivity contribution in [3.05, 3.63) is 40.3 Å². The molecule has 1 aromatic carbocycles. The normalized spacial score (nSPS) is 11.4. The molecule has 0 saturated heterocycles. The molecule has 1 rings (SSSR count). The van der Waals surface area contributed by atoms with E-state index < -0.39 is 12.0 Å².